The van der Waals surface area contributed by atoms with Crippen molar-refractivity contribution < 1.29 is 14.3 Å². The summed E-state index contributed by atoms with van der Waals surface area (Å²) in [7, 11) is 1.59. The van der Waals surface area contributed by atoms with Gasteiger partial charge in [0.05, 0.1) is 12.8 Å². The molecular weight excluding hydrogens is 368 g/mol. The van der Waals surface area contributed by atoms with Crippen LogP contribution in [0.2, 0.25) is 0 Å². The van der Waals surface area contributed by atoms with Crippen LogP contribution < -0.4 is 10.1 Å². The maximum absolute atomic E-state index is 13.2. The number of benzene rings is 1. The molecule has 156 valence electrons. The predicted octanol–water partition coefficient (Wildman–Crippen LogP) is 3.74. The third kappa shape index (κ3) is 4.60. The fourth-order valence-electron chi connectivity index (χ4n) is 3.78. The number of anilines is 1. The van der Waals surface area contributed by atoms with Crippen LogP contribution in [0, 0.1) is 0 Å². The van der Waals surface area contributed by atoms with Crippen molar-refractivity contribution in [3.8, 4) is 5.75 Å². The lowest BCUT2D eigenvalue weighted by Gasteiger charge is -2.23. The highest BCUT2D eigenvalue weighted by Crippen LogP contribution is 2.24. The van der Waals surface area contributed by atoms with Crippen molar-refractivity contribution in [1.29, 1.82) is 0 Å². The minimum absolute atomic E-state index is 0.0859. The van der Waals surface area contributed by atoms with E-state index >= 15 is 0 Å². The van der Waals surface area contributed by atoms with E-state index < -0.39 is 0 Å². The van der Waals surface area contributed by atoms with E-state index in [0.717, 1.165) is 44.3 Å². The van der Waals surface area contributed by atoms with Crippen LogP contribution >= 0.6 is 0 Å². The van der Waals surface area contributed by atoms with Crippen LogP contribution in [-0.4, -0.2) is 46.5 Å². The first kappa shape index (κ1) is 20.9. The van der Waals surface area contributed by atoms with Crippen LogP contribution in [0.4, 0.5) is 5.69 Å². The largest absolute Gasteiger partial charge is 0.497 e. The van der Waals surface area contributed by atoms with Crippen molar-refractivity contribution in [2.45, 2.75) is 52.5 Å². The normalized spacial score (nSPS) is 12.9. The van der Waals surface area contributed by atoms with Crippen molar-refractivity contribution in [2.24, 2.45) is 0 Å². The molecule has 0 atom stereocenters. The van der Waals surface area contributed by atoms with Gasteiger partial charge in [0.2, 0.25) is 0 Å². The summed E-state index contributed by atoms with van der Waals surface area (Å²) >= 11 is 0. The monoisotopic (exact) mass is 398 g/mol. The molecule has 7 nitrogen and oxygen atoms in total. The second-order valence-corrected chi connectivity index (χ2v) is 7.32. The third-order valence-electron chi connectivity index (χ3n) is 5.13. The Morgan fingerprint density at radius 3 is 2.66 bits per heavy atom. The lowest BCUT2D eigenvalue weighted by Crippen LogP contribution is -2.35. The highest BCUT2D eigenvalue weighted by molar-refractivity contribution is 6.05. The van der Waals surface area contributed by atoms with Gasteiger partial charge in [-0.2, -0.15) is 0 Å². The molecule has 0 bridgehead atoms. The average Bonchev–Trinajstić information content (AvgIpc) is 3.13. The fourth-order valence-corrected chi connectivity index (χ4v) is 3.78. The van der Waals surface area contributed by atoms with Gasteiger partial charge < -0.3 is 19.5 Å². The first-order chi connectivity index (χ1) is 14.1. The molecule has 29 heavy (non-hydrogen) atoms. The molecule has 0 fully saturated rings. The van der Waals surface area contributed by atoms with E-state index in [1.165, 1.54) is 0 Å². The highest BCUT2D eigenvalue weighted by Gasteiger charge is 2.29. The summed E-state index contributed by atoms with van der Waals surface area (Å²) < 4.78 is 7.17. The summed E-state index contributed by atoms with van der Waals surface area (Å²) in [6.45, 7) is 6.23. The Labute approximate surface area is 172 Å². The molecule has 1 aromatic heterocycles. The summed E-state index contributed by atoms with van der Waals surface area (Å²) in [5.41, 5.74) is 1.84. The molecule has 0 spiro atoms. The Morgan fingerprint density at radius 2 is 1.97 bits per heavy atom. The van der Waals surface area contributed by atoms with E-state index in [1.807, 2.05) is 21.6 Å². The summed E-state index contributed by atoms with van der Waals surface area (Å²) in [6, 6.07) is 7.20. The molecule has 0 saturated carbocycles. The molecule has 1 aliphatic rings. The molecule has 1 aromatic carbocycles. The van der Waals surface area contributed by atoms with Crippen molar-refractivity contribution >= 4 is 17.5 Å². The van der Waals surface area contributed by atoms with E-state index in [0.29, 0.717) is 36.0 Å². The Kier molecular flexibility index (Phi) is 6.90. The van der Waals surface area contributed by atoms with Crippen molar-refractivity contribution in [1.82, 2.24) is 14.5 Å². The lowest BCUT2D eigenvalue weighted by atomic mass is 10.1. The molecule has 2 heterocycles. The number of aromatic nitrogens is 2. The molecule has 2 amide bonds. The molecule has 3 rings (SSSR count). The number of ether oxygens (including phenoxy) is 1. The van der Waals surface area contributed by atoms with Crippen LogP contribution in [0.5, 0.6) is 5.75 Å². The van der Waals surface area contributed by atoms with Gasteiger partial charge in [-0.3, -0.25) is 9.59 Å². The molecule has 1 aliphatic heterocycles. The number of fused-ring (bicyclic) bond motifs is 1. The van der Waals surface area contributed by atoms with Gasteiger partial charge in [0.15, 0.2) is 11.5 Å². The molecule has 2 aromatic rings. The van der Waals surface area contributed by atoms with Crippen molar-refractivity contribution in [3.05, 3.63) is 41.5 Å². The zero-order valence-electron chi connectivity index (χ0n) is 17.5. The highest BCUT2D eigenvalue weighted by atomic mass is 16.5. The summed E-state index contributed by atoms with van der Waals surface area (Å²) in [4.78, 5) is 32.5. The predicted molar refractivity (Wildman–Crippen MR) is 113 cm³/mol. The van der Waals surface area contributed by atoms with Gasteiger partial charge in [-0.05, 0) is 44.2 Å². The van der Waals surface area contributed by atoms with Gasteiger partial charge in [-0.15, -0.1) is 0 Å². The zero-order valence-corrected chi connectivity index (χ0v) is 17.5. The second-order valence-electron chi connectivity index (χ2n) is 7.32. The topological polar surface area (TPSA) is 76.5 Å². The molecule has 0 radical (unpaired) electrons. The summed E-state index contributed by atoms with van der Waals surface area (Å²) in [5, 5.41) is 2.90. The van der Waals surface area contributed by atoms with Gasteiger partial charge in [-0.25, -0.2) is 4.98 Å². The summed E-state index contributed by atoms with van der Waals surface area (Å²) in [5.74, 6) is 0.676. The number of methoxy groups -OCH3 is 1. The zero-order chi connectivity index (χ0) is 20.8. The molecule has 0 unspecified atom stereocenters. The number of imidazole rings is 1. The Hall–Kier alpha value is -2.83. The average molecular weight is 399 g/mol. The molecule has 7 heteroatoms. The second kappa shape index (κ2) is 9.58. The number of rotatable bonds is 8. The van der Waals surface area contributed by atoms with E-state index in [4.69, 9.17) is 4.74 Å². The quantitative estimate of drug-likeness (QED) is 0.735. The van der Waals surface area contributed by atoms with Gasteiger partial charge >= 0.3 is 0 Å². The van der Waals surface area contributed by atoms with Crippen LogP contribution in [-0.2, 0) is 13.0 Å². The maximum Gasteiger partial charge on any atom is 0.289 e. The van der Waals surface area contributed by atoms with Crippen LogP contribution in [0.3, 0.4) is 0 Å². The fraction of sp³-hybridized carbons (Fsp3) is 0.500. The summed E-state index contributed by atoms with van der Waals surface area (Å²) in [6.07, 6.45) is 4.52. The van der Waals surface area contributed by atoms with E-state index in [9.17, 15) is 9.59 Å². The number of amides is 2. The number of carbonyl (C=O) groups is 2. The van der Waals surface area contributed by atoms with Gasteiger partial charge in [-0.1, -0.05) is 19.9 Å². The first-order valence-corrected chi connectivity index (χ1v) is 10.4. The van der Waals surface area contributed by atoms with Crippen LogP contribution in [0.1, 0.15) is 66.3 Å². The minimum Gasteiger partial charge on any atom is -0.497 e. The van der Waals surface area contributed by atoms with Crippen LogP contribution in [0.15, 0.2) is 24.3 Å². The van der Waals surface area contributed by atoms with Gasteiger partial charge in [0.1, 0.15) is 5.75 Å². The smallest absolute Gasteiger partial charge is 0.289 e. The van der Waals surface area contributed by atoms with Gasteiger partial charge in [0.25, 0.3) is 11.8 Å². The number of hydrogen-bond acceptors (Lipinski definition) is 4. The number of nitrogens with one attached hydrogen (secondary N) is 1. The molecule has 1 N–H and O–H groups in total. The Bertz CT molecular complexity index is 869. The molecular formula is C22H30N4O3. The maximum atomic E-state index is 13.2. The first-order valence-electron chi connectivity index (χ1n) is 10.4. The molecule has 0 saturated heterocycles. The van der Waals surface area contributed by atoms with Crippen LogP contribution in [0.25, 0.3) is 0 Å². The lowest BCUT2D eigenvalue weighted by molar-refractivity contribution is 0.0737. The van der Waals surface area contributed by atoms with Gasteiger partial charge in [0, 0.05) is 31.4 Å². The number of nitrogens with zero attached hydrogens (tertiary/aromatic N) is 3. The standard InChI is InChI=1S/C22H30N4O3/c1-4-12-25(13-5-2)22(28)20-24-19(18-11-6-7-14-26(18)20)21(27)23-16-9-8-10-17(15-16)29-3/h8-10,15H,4-7,11-14H2,1-3H3,(H,23,27). The third-order valence-corrected chi connectivity index (χ3v) is 5.13. The minimum atomic E-state index is -0.291. The van der Waals surface area contributed by atoms with Crippen molar-refractivity contribution in [2.75, 3.05) is 25.5 Å². The van der Waals surface area contributed by atoms with Crippen molar-refractivity contribution in [3.63, 3.8) is 0 Å². The SMILES string of the molecule is CCCN(CCC)C(=O)c1nc(C(=O)Nc2cccc(OC)c2)c2n1CCCC2. The number of hydrogen-bond donors (Lipinski definition) is 1. The molecule has 0 aliphatic carbocycles. The van der Waals surface area contributed by atoms with E-state index in [-0.39, 0.29) is 11.8 Å². The Balaban J connectivity index is 1.91. The Morgan fingerprint density at radius 1 is 1.21 bits per heavy atom. The van der Waals surface area contributed by atoms with E-state index in [2.05, 4.69) is 24.1 Å². The van der Waals surface area contributed by atoms with E-state index in [1.54, 1.807) is 19.2 Å². The number of carbonyl (C=O) groups excluding carboxylic acids is 2.